The van der Waals surface area contributed by atoms with Crippen LogP contribution in [0.5, 0.6) is 11.5 Å². The van der Waals surface area contributed by atoms with Crippen molar-refractivity contribution in [3.05, 3.63) is 46.2 Å². The zero-order valence-corrected chi connectivity index (χ0v) is 12.6. The van der Waals surface area contributed by atoms with Crippen LogP contribution in [0.1, 0.15) is 17.4 Å². The second kappa shape index (κ2) is 6.95. The van der Waals surface area contributed by atoms with E-state index < -0.39 is 5.97 Å². The number of para-hydroxylation sites is 1. The van der Waals surface area contributed by atoms with E-state index in [2.05, 4.69) is 0 Å². The molecule has 1 N–H and O–H groups in total. The topological polar surface area (TPSA) is 55.8 Å². The minimum absolute atomic E-state index is 0.235. The molecule has 21 heavy (non-hydrogen) atoms. The number of methoxy groups -OCH3 is 1. The standard InChI is InChI=1S/C16H16O4S/c1-3-20-15-11(6-4-7-13(15)19-2)10-12(16(17)18)14-8-5-9-21-14/h4-10H,3H2,1-2H3,(H,17,18)/b12-10-. The van der Waals surface area contributed by atoms with Crippen LogP contribution in [-0.2, 0) is 4.79 Å². The van der Waals surface area contributed by atoms with Gasteiger partial charge in [0.05, 0.1) is 19.3 Å². The van der Waals surface area contributed by atoms with Crippen molar-refractivity contribution in [1.82, 2.24) is 0 Å². The molecule has 1 aromatic heterocycles. The fraction of sp³-hybridized carbons (Fsp3) is 0.188. The van der Waals surface area contributed by atoms with E-state index in [4.69, 9.17) is 9.47 Å². The summed E-state index contributed by atoms with van der Waals surface area (Å²) in [5, 5.41) is 11.3. The van der Waals surface area contributed by atoms with E-state index in [0.717, 1.165) is 0 Å². The molecule has 0 bridgehead atoms. The number of carboxylic acids is 1. The van der Waals surface area contributed by atoms with Crippen LogP contribution < -0.4 is 9.47 Å². The lowest BCUT2D eigenvalue weighted by Crippen LogP contribution is -2.00. The zero-order valence-electron chi connectivity index (χ0n) is 11.8. The number of hydrogen-bond donors (Lipinski definition) is 1. The molecule has 0 saturated heterocycles. The Balaban J connectivity index is 2.54. The summed E-state index contributed by atoms with van der Waals surface area (Å²) in [5.74, 6) is 0.169. The van der Waals surface area contributed by atoms with Crippen LogP contribution in [0.4, 0.5) is 0 Å². The van der Waals surface area contributed by atoms with Gasteiger partial charge in [0.25, 0.3) is 0 Å². The molecule has 0 saturated carbocycles. The predicted octanol–water partition coefficient (Wildman–Crippen LogP) is 3.78. The van der Waals surface area contributed by atoms with Gasteiger partial charge < -0.3 is 14.6 Å². The van der Waals surface area contributed by atoms with E-state index in [0.29, 0.717) is 28.5 Å². The lowest BCUT2D eigenvalue weighted by molar-refractivity contribution is -0.130. The summed E-state index contributed by atoms with van der Waals surface area (Å²) in [6, 6.07) is 9.01. The van der Waals surface area contributed by atoms with Crippen molar-refractivity contribution in [3.63, 3.8) is 0 Å². The molecule has 2 rings (SSSR count). The van der Waals surface area contributed by atoms with E-state index in [9.17, 15) is 9.90 Å². The fourth-order valence-corrected chi connectivity index (χ4v) is 2.67. The maximum atomic E-state index is 11.5. The molecule has 0 spiro atoms. The molecule has 1 aromatic carbocycles. The minimum atomic E-state index is -0.970. The lowest BCUT2D eigenvalue weighted by atomic mass is 10.1. The average molecular weight is 304 g/mol. The molecular weight excluding hydrogens is 288 g/mol. The summed E-state index contributed by atoms with van der Waals surface area (Å²) < 4.78 is 10.9. The van der Waals surface area contributed by atoms with E-state index in [-0.39, 0.29) is 5.57 Å². The Morgan fingerprint density at radius 3 is 2.71 bits per heavy atom. The van der Waals surface area contributed by atoms with Gasteiger partial charge in [-0.25, -0.2) is 4.79 Å². The minimum Gasteiger partial charge on any atom is -0.493 e. The first-order valence-electron chi connectivity index (χ1n) is 6.46. The molecule has 5 heteroatoms. The Kier molecular flexibility index (Phi) is 5.00. The van der Waals surface area contributed by atoms with Gasteiger partial charge in [-0.1, -0.05) is 18.2 Å². The summed E-state index contributed by atoms with van der Waals surface area (Å²) in [7, 11) is 1.56. The SMILES string of the molecule is CCOc1c(/C=C(\C(=O)O)c2cccs2)cccc1OC. The van der Waals surface area contributed by atoms with Gasteiger partial charge in [-0.2, -0.15) is 0 Å². The molecule has 0 aliphatic heterocycles. The maximum Gasteiger partial charge on any atom is 0.337 e. The Morgan fingerprint density at radius 1 is 1.33 bits per heavy atom. The largest absolute Gasteiger partial charge is 0.493 e. The second-order valence-corrected chi connectivity index (χ2v) is 5.10. The number of benzene rings is 1. The van der Waals surface area contributed by atoms with Crippen LogP contribution in [0.2, 0.25) is 0 Å². The fourth-order valence-electron chi connectivity index (χ4n) is 1.93. The van der Waals surface area contributed by atoms with Gasteiger partial charge in [0.1, 0.15) is 0 Å². The van der Waals surface area contributed by atoms with Crippen LogP contribution in [-0.4, -0.2) is 24.8 Å². The van der Waals surface area contributed by atoms with Gasteiger partial charge in [0.15, 0.2) is 11.5 Å². The van der Waals surface area contributed by atoms with Crippen LogP contribution in [0, 0.1) is 0 Å². The number of ether oxygens (including phenoxy) is 2. The third-order valence-electron chi connectivity index (χ3n) is 2.83. The number of carbonyl (C=O) groups is 1. The molecular formula is C16H16O4S. The third kappa shape index (κ3) is 3.44. The number of thiophene rings is 1. The molecule has 2 aromatic rings. The lowest BCUT2D eigenvalue weighted by Gasteiger charge is -2.12. The van der Waals surface area contributed by atoms with Crippen LogP contribution in [0.25, 0.3) is 11.6 Å². The highest BCUT2D eigenvalue weighted by molar-refractivity contribution is 7.11. The van der Waals surface area contributed by atoms with Gasteiger partial charge in [0.2, 0.25) is 0 Å². The predicted molar refractivity (Wildman–Crippen MR) is 84.0 cm³/mol. The molecule has 0 amide bonds. The summed E-state index contributed by atoms with van der Waals surface area (Å²) in [4.78, 5) is 12.2. The van der Waals surface area contributed by atoms with Crippen LogP contribution >= 0.6 is 11.3 Å². The van der Waals surface area contributed by atoms with E-state index in [1.165, 1.54) is 11.3 Å². The smallest absolute Gasteiger partial charge is 0.337 e. The van der Waals surface area contributed by atoms with Crippen molar-refractivity contribution in [2.75, 3.05) is 13.7 Å². The highest BCUT2D eigenvalue weighted by atomic mass is 32.1. The van der Waals surface area contributed by atoms with Crippen molar-refractivity contribution in [2.24, 2.45) is 0 Å². The first-order chi connectivity index (χ1) is 10.2. The average Bonchev–Trinajstić information content (AvgIpc) is 2.99. The molecule has 110 valence electrons. The quantitative estimate of drug-likeness (QED) is 0.825. The summed E-state index contributed by atoms with van der Waals surface area (Å²) in [6.45, 7) is 2.35. The first-order valence-corrected chi connectivity index (χ1v) is 7.34. The second-order valence-electron chi connectivity index (χ2n) is 4.15. The third-order valence-corrected chi connectivity index (χ3v) is 3.74. The molecule has 1 heterocycles. The van der Waals surface area contributed by atoms with Gasteiger partial charge in [-0.3, -0.25) is 0 Å². The van der Waals surface area contributed by atoms with E-state index in [1.54, 1.807) is 31.4 Å². The van der Waals surface area contributed by atoms with Crippen LogP contribution in [0.15, 0.2) is 35.7 Å². The molecule has 0 unspecified atom stereocenters. The summed E-state index contributed by atoms with van der Waals surface area (Å²) in [6.07, 6.45) is 1.61. The normalized spacial score (nSPS) is 11.2. The van der Waals surface area contributed by atoms with Gasteiger partial charge >= 0.3 is 5.97 Å². The van der Waals surface area contributed by atoms with Crippen molar-refractivity contribution in [3.8, 4) is 11.5 Å². The number of carboxylic acid groups (broad SMARTS) is 1. The Labute approximate surface area is 127 Å². The van der Waals surface area contributed by atoms with Crippen molar-refractivity contribution in [2.45, 2.75) is 6.92 Å². The molecule has 0 aliphatic carbocycles. The van der Waals surface area contributed by atoms with Crippen LogP contribution in [0.3, 0.4) is 0 Å². The van der Waals surface area contributed by atoms with Crippen molar-refractivity contribution >= 4 is 29.0 Å². The monoisotopic (exact) mass is 304 g/mol. The number of rotatable bonds is 6. The van der Waals surface area contributed by atoms with Crippen molar-refractivity contribution < 1.29 is 19.4 Å². The first kappa shape index (κ1) is 15.1. The molecule has 0 aliphatic rings. The molecule has 4 nitrogen and oxygen atoms in total. The van der Waals surface area contributed by atoms with E-state index >= 15 is 0 Å². The number of hydrogen-bond acceptors (Lipinski definition) is 4. The number of aliphatic carboxylic acids is 1. The van der Waals surface area contributed by atoms with E-state index in [1.807, 2.05) is 24.4 Å². The molecule has 0 fully saturated rings. The van der Waals surface area contributed by atoms with Gasteiger partial charge in [-0.05, 0) is 30.5 Å². The summed E-state index contributed by atoms with van der Waals surface area (Å²) >= 11 is 1.39. The van der Waals surface area contributed by atoms with Gasteiger partial charge in [-0.15, -0.1) is 11.3 Å². The Hall–Kier alpha value is -2.27. The Morgan fingerprint density at radius 2 is 2.14 bits per heavy atom. The summed E-state index contributed by atoms with van der Waals surface area (Å²) in [5.41, 5.74) is 0.918. The molecule has 0 atom stereocenters. The molecule has 0 radical (unpaired) electrons. The highest BCUT2D eigenvalue weighted by Crippen LogP contribution is 2.34. The maximum absolute atomic E-state index is 11.5. The zero-order chi connectivity index (χ0) is 15.2. The van der Waals surface area contributed by atoms with Gasteiger partial charge in [0, 0.05) is 10.4 Å². The highest BCUT2D eigenvalue weighted by Gasteiger charge is 2.15. The van der Waals surface area contributed by atoms with Crippen molar-refractivity contribution in [1.29, 1.82) is 0 Å². The Bertz CT molecular complexity index is 644.